The minimum atomic E-state index is -0.135. The molecule has 260 valence electrons. The quantitative estimate of drug-likeness (QED) is 0.112. The van der Waals surface area contributed by atoms with Crippen molar-refractivity contribution < 1.29 is 10.4 Å². The molecular formula is C39H61N5O2S. The van der Waals surface area contributed by atoms with Crippen molar-refractivity contribution in [2.24, 2.45) is 0 Å². The van der Waals surface area contributed by atoms with E-state index in [1.165, 1.54) is 37.4 Å². The van der Waals surface area contributed by atoms with Gasteiger partial charge in [-0.2, -0.15) is 25.1 Å². The Kier molecular flexibility index (Phi) is 12.6. The lowest BCUT2D eigenvalue weighted by Gasteiger charge is -2.28. The Morgan fingerprint density at radius 2 is 0.851 bits per heavy atom. The topological polar surface area (TPSA) is 85.6 Å². The molecule has 8 heteroatoms. The number of thioether (sulfide) groups is 1. The molecule has 3 aromatic rings. The fourth-order valence-corrected chi connectivity index (χ4v) is 5.89. The van der Waals surface area contributed by atoms with Gasteiger partial charge in [-0.25, -0.2) is 0 Å². The van der Waals surface area contributed by atoms with Crippen LogP contribution < -0.4 is 10.1 Å². The van der Waals surface area contributed by atoms with Crippen LogP contribution in [0.4, 0.5) is 23.3 Å². The number of hydrogen-bond acceptors (Lipinski definition) is 8. The van der Waals surface area contributed by atoms with Crippen LogP contribution in [0.5, 0.6) is 0 Å². The molecule has 0 unspecified atom stereocenters. The first-order valence-electron chi connectivity index (χ1n) is 17.3. The van der Waals surface area contributed by atoms with E-state index in [1.807, 2.05) is 24.3 Å². The van der Waals surface area contributed by atoms with Gasteiger partial charge in [0.25, 0.3) is 11.9 Å². The molecule has 0 bridgehead atoms. The summed E-state index contributed by atoms with van der Waals surface area (Å²) in [6.07, 6.45) is 7.17. The normalized spacial score (nSPS) is 12.8. The Hall–Kier alpha value is -2.68. The van der Waals surface area contributed by atoms with Gasteiger partial charge in [0.05, 0.1) is 11.4 Å². The van der Waals surface area contributed by atoms with Gasteiger partial charge in [0.2, 0.25) is 0 Å². The van der Waals surface area contributed by atoms with Crippen molar-refractivity contribution in [3.8, 4) is 0 Å². The van der Waals surface area contributed by atoms with Crippen LogP contribution in [0, 0.1) is 0 Å². The van der Waals surface area contributed by atoms with Crippen LogP contribution in [0.1, 0.15) is 151 Å². The summed E-state index contributed by atoms with van der Waals surface area (Å²) >= 11 is 1.53. The Balaban J connectivity index is 2.12. The molecule has 7 nitrogen and oxygen atoms in total. The molecule has 0 fully saturated rings. The molecule has 0 saturated heterocycles. The van der Waals surface area contributed by atoms with Crippen LogP contribution in [0.2, 0.25) is 0 Å². The van der Waals surface area contributed by atoms with Crippen LogP contribution in [-0.2, 0) is 21.7 Å². The maximum absolute atomic E-state index is 11.7. The van der Waals surface area contributed by atoms with Crippen LogP contribution >= 0.6 is 11.8 Å². The summed E-state index contributed by atoms with van der Waals surface area (Å²) < 4.78 is 0. The van der Waals surface area contributed by atoms with Crippen LogP contribution in [0.15, 0.2) is 41.6 Å². The Morgan fingerprint density at radius 1 is 0.511 bits per heavy atom. The standard InChI is InChI=1S/C39H61N5O2S/c1-14-15-16-17-18-19-20-47-35-41-33(43(45)31-23-27(36(2,3)4)21-28(24-31)37(5,6)7)40-34(42-35)44(46)32-25-29(38(8,9)10)22-30(26-32)39(11,12)13/h21-26,45-46H,14-20H2,1-13H3. The number of nitrogens with zero attached hydrogens (tertiary/aromatic N) is 5. The average Bonchev–Trinajstić information content (AvgIpc) is 2.97. The number of unbranched alkanes of at least 4 members (excludes halogenated alkanes) is 5. The van der Waals surface area contributed by atoms with E-state index in [1.54, 1.807) is 0 Å². The van der Waals surface area contributed by atoms with E-state index in [0.29, 0.717) is 16.5 Å². The van der Waals surface area contributed by atoms with E-state index >= 15 is 0 Å². The molecule has 3 rings (SSSR count). The fourth-order valence-electron chi connectivity index (χ4n) is 5.07. The highest BCUT2D eigenvalue weighted by Gasteiger charge is 2.26. The monoisotopic (exact) mass is 663 g/mol. The minimum Gasteiger partial charge on any atom is -0.281 e. The second-order valence-electron chi connectivity index (χ2n) is 17.0. The summed E-state index contributed by atoms with van der Waals surface area (Å²) in [6, 6.07) is 12.4. The van der Waals surface area contributed by atoms with E-state index in [0.717, 1.165) is 51.0 Å². The summed E-state index contributed by atoms with van der Waals surface area (Å²) in [5, 5.41) is 26.0. The first-order valence-corrected chi connectivity index (χ1v) is 18.3. The predicted octanol–water partition coefficient (Wildman–Crippen LogP) is 11.6. The van der Waals surface area contributed by atoms with Gasteiger partial charge in [0, 0.05) is 5.75 Å². The molecule has 0 radical (unpaired) electrons. The third-order valence-electron chi connectivity index (χ3n) is 8.49. The van der Waals surface area contributed by atoms with Crippen molar-refractivity contribution in [3.63, 3.8) is 0 Å². The van der Waals surface area contributed by atoms with Crippen LogP contribution in [-0.4, -0.2) is 31.1 Å². The van der Waals surface area contributed by atoms with Crippen molar-refractivity contribution in [2.75, 3.05) is 15.9 Å². The lowest BCUT2D eigenvalue weighted by molar-refractivity contribution is 0.283. The SMILES string of the molecule is CCCCCCCCSc1nc(N(O)c2cc(C(C)(C)C)cc(C(C)(C)C)c2)nc(N(O)c2cc(C(C)(C)C)cc(C(C)(C)C)c2)n1. The largest absolute Gasteiger partial charge is 0.281 e. The lowest BCUT2D eigenvalue weighted by Crippen LogP contribution is -2.23. The zero-order chi connectivity index (χ0) is 35.4. The van der Waals surface area contributed by atoms with Gasteiger partial charge in [-0.3, -0.25) is 10.4 Å². The van der Waals surface area contributed by atoms with Gasteiger partial charge in [-0.05, 0) is 74.6 Å². The molecular weight excluding hydrogens is 603 g/mol. The molecule has 0 aliphatic heterocycles. The van der Waals surface area contributed by atoms with Gasteiger partial charge < -0.3 is 0 Å². The molecule has 0 aliphatic rings. The molecule has 47 heavy (non-hydrogen) atoms. The number of aromatic nitrogens is 3. The van der Waals surface area contributed by atoms with Crippen molar-refractivity contribution >= 4 is 35.0 Å². The molecule has 0 spiro atoms. The molecule has 2 N–H and O–H groups in total. The highest BCUT2D eigenvalue weighted by molar-refractivity contribution is 7.99. The zero-order valence-electron chi connectivity index (χ0n) is 31.5. The maximum atomic E-state index is 11.7. The van der Waals surface area contributed by atoms with Crippen molar-refractivity contribution in [3.05, 3.63) is 58.7 Å². The zero-order valence-corrected chi connectivity index (χ0v) is 32.3. The highest BCUT2D eigenvalue weighted by atomic mass is 32.2. The smallest absolute Gasteiger partial charge is 0.260 e. The maximum Gasteiger partial charge on any atom is 0.260 e. The van der Waals surface area contributed by atoms with Crippen LogP contribution in [0.3, 0.4) is 0 Å². The molecule has 0 atom stereocenters. The minimum absolute atomic E-state index is 0.0634. The summed E-state index contributed by atoms with van der Waals surface area (Å²) in [5.41, 5.74) is 5.00. The predicted molar refractivity (Wildman–Crippen MR) is 199 cm³/mol. The number of hydrogen-bond donors (Lipinski definition) is 2. The van der Waals surface area contributed by atoms with Gasteiger partial charge >= 0.3 is 0 Å². The highest BCUT2D eigenvalue weighted by Crippen LogP contribution is 2.37. The molecule has 1 aromatic heterocycles. The molecule has 0 saturated carbocycles. The molecule has 0 amide bonds. The van der Waals surface area contributed by atoms with Gasteiger partial charge in [0.15, 0.2) is 5.16 Å². The van der Waals surface area contributed by atoms with Gasteiger partial charge in [-0.15, -0.1) is 0 Å². The van der Waals surface area contributed by atoms with Gasteiger partial charge in [-0.1, -0.05) is 146 Å². The summed E-state index contributed by atoms with van der Waals surface area (Å²) in [5.74, 6) is 0.967. The fraction of sp³-hybridized carbons (Fsp3) is 0.615. The Bertz CT molecular complexity index is 1310. The summed E-state index contributed by atoms with van der Waals surface area (Å²) in [6.45, 7) is 28.2. The van der Waals surface area contributed by atoms with E-state index in [4.69, 9.17) is 9.97 Å². The van der Waals surface area contributed by atoms with Crippen molar-refractivity contribution in [1.29, 1.82) is 0 Å². The van der Waals surface area contributed by atoms with Gasteiger partial charge in [0.1, 0.15) is 0 Å². The van der Waals surface area contributed by atoms with E-state index in [2.05, 4.69) is 107 Å². The first-order chi connectivity index (χ1) is 21.6. The lowest BCUT2D eigenvalue weighted by atomic mass is 9.80. The number of rotatable bonds is 12. The van der Waals surface area contributed by atoms with E-state index in [9.17, 15) is 10.4 Å². The van der Waals surface area contributed by atoms with E-state index < -0.39 is 0 Å². The van der Waals surface area contributed by atoms with Crippen molar-refractivity contribution in [2.45, 2.75) is 155 Å². The summed E-state index contributed by atoms with van der Waals surface area (Å²) in [7, 11) is 0. The van der Waals surface area contributed by atoms with Crippen LogP contribution in [0.25, 0.3) is 0 Å². The number of benzene rings is 2. The second-order valence-corrected chi connectivity index (χ2v) is 18.1. The third kappa shape index (κ3) is 10.9. The third-order valence-corrected chi connectivity index (χ3v) is 9.42. The first kappa shape index (κ1) is 38.8. The Labute approximate surface area is 289 Å². The van der Waals surface area contributed by atoms with Crippen molar-refractivity contribution in [1.82, 2.24) is 15.0 Å². The van der Waals surface area contributed by atoms with E-state index in [-0.39, 0.29) is 33.6 Å². The molecule has 0 aliphatic carbocycles. The average molecular weight is 664 g/mol. The summed E-state index contributed by atoms with van der Waals surface area (Å²) in [4.78, 5) is 14.1. The molecule has 2 aromatic carbocycles. The molecule has 1 heterocycles. The Morgan fingerprint density at radius 3 is 1.19 bits per heavy atom. The second kappa shape index (κ2) is 15.3. The number of anilines is 4.